The van der Waals surface area contributed by atoms with E-state index in [0.717, 1.165) is 24.3 Å². The number of hydrogen-bond acceptors (Lipinski definition) is 3. The molecule has 3 heteroatoms. The van der Waals surface area contributed by atoms with Gasteiger partial charge in [0.15, 0.2) is 11.5 Å². The van der Waals surface area contributed by atoms with Crippen molar-refractivity contribution in [1.82, 2.24) is 0 Å². The number of rotatable bonds is 6. The summed E-state index contributed by atoms with van der Waals surface area (Å²) in [5.41, 5.74) is 9.62. The Morgan fingerprint density at radius 3 is 2.76 bits per heavy atom. The van der Waals surface area contributed by atoms with Crippen LogP contribution in [-0.4, -0.2) is 20.3 Å². The number of ether oxygens (including phenoxy) is 2. The summed E-state index contributed by atoms with van der Waals surface area (Å²) in [4.78, 5) is 0. The Kier molecular flexibility index (Phi) is 4.11. The fourth-order valence-electron chi connectivity index (χ4n) is 2.86. The van der Waals surface area contributed by atoms with Gasteiger partial charge in [-0.1, -0.05) is 30.3 Å². The van der Waals surface area contributed by atoms with Crippen LogP contribution in [0.2, 0.25) is 0 Å². The number of benzene rings is 2. The largest absolute Gasteiger partial charge is 0.493 e. The van der Waals surface area contributed by atoms with E-state index in [9.17, 15) is 0 Å². The predicted octanol–water partition coefficient (Wildman–Crippen LogP) is 2.92. The smallest absolute Gasteiger partial charge is 0.161 e. The van der Waals surface area contributed by atoms with Crippen LogP contribution in [0, 0.1) is 0 Å². The first kappa shape index (κ1) is 14.0. The average molecular weight is 283 g/mol. The molecule has 2 aromatic rings. The lowest BCUT2D eigenvalue weighted by Crippen LogP contribution is -2.23. The summed E-state index contributed by atoms with van der Waals surface area (Å²) in [6.07, 6.45) is 1.95. The minimum absolute atomic E-state index is 0.495. The highest BCUT2D eigenvalue weighted by Gasteiger charge is 2.26. The molecule has 0 amide bonds. The molecular formula is C18H21NO2. The Morgan fingerprint density at radius 1 is 1.14 bits per heavy atom. The topological polar surface area (TPSA) is 44.5 Å². The van der Waals surface area contributed by atoms with E-state index in [1.807, 2.05) is 12.1 Å². The molecule has 0 bridgehead atoms. The highest BCUT2D eigenvalue weighted by atomic mass is 16.5. The van der Waals surface area contributed by atoms with E-state index in [2.05, 4.69) is 30.3 Å². The minimum atomic E-state index is 0.495. The van der Waals surface area contributed by atoms with Crippen LogP contribution in [0.25, 0.3) is 0 Å². The maximum absolute atomic E-state index is 5.97. The van der Waals surface area contributed by atoms with Gasteiger partial charge in [-0.05, 0) is 48.2 Å². The summed E-state index contributed by atoms with van der Waals surface area (Å²) in [5, 5.41) is 0. The zero-order chi connectivity index (χ0) is 14.7. The van der Waals surface area contributed by atoms with E-state index < -0.39 is 0 Å². The van der Waals surface area contributed by atoms with Crippen LogP contribution in [0.1, 0.15) is 22.6 Å². The van der Waals surface area contributed by atoms with E-state index >= 15 is 0 Å². The van der Waals surface area contributed by atoms with Crippen molar-refractivity contribution in [2.75, 3.05) is 20.3 Å². The molecule has 1 atom stereocenters. The van der Waals surface area contributed by atoms with Gasteiger partial charge in [0.05, 0.1) is 13.7 Å². The van der Waals surface area contributed by atoms with Gasteiger partial charge in [-0.2, -0.15) is 0 Å². The second kappa shape index (κ2) is 6.19. The van der Waals surface area contributed by atoms with Crippen molar-refractivity contribution in [1.29, 1.82) is 0 Å². The van der Waals surface area contributed by atoms with Gasteiger partial charge in [0, 0.05) is 5.92 Å². The van der Waals surface area contributed by atoms with Gasteiger partial charge >= 0.3 is 0 Å². The number of hydrogen-bond donors (Lipinski definition) is 1. The quantitative estimate of drug-likeness (QED) is 0.886. The van der Waals surface area contributed by atoms with E-state index in [4.69, 9.17) is 15.2 Å². The van der Waals surface area contributed by atoms with Crippen molar-refractivity contribution in [3.63, 3.8) is 0 Å². The van der Waals surface area contributed by atoms with Crippen molar-refractivity contribution >= 4 is 0 Å². The third kappa shape index (κ3) is 2.88. The Bertz CT molecular complexity index is 624. The zero-order valence-electron chi connectivity index (χ0n) is 12.3. The van der Waals surface area contributed by atoms with Crippen molar-refractivity contribution in [3.8, 4) is 11.5 Å². The maximum Gasteiger partial charge on any atom is 0.161 e. The monoisotopic (exact) mass is 283 g/mol. The molecule has 3 nitrogen and oxygen atoms in total. The van der Waals surface area contributed by atoms with Crippen molar-refractivity contribution in [2.24, 2.45) is 5.73 Å². The Hall–Kier alpha value is -2.00. The van der Waals surface area contributed by atoms with Gasteiger partial charge in [0.2, 0.25) is 0 Å². The summed E-state index contributed by atoms with van der Waals surface area (Å²) in [7, 11) is 1.67. The van der Waals surface area contributed by atoms with Gasteiger partial charge in [-0.3, -0.25) is 0 Å². The standard InChI is InChI=1S/C18H21NO2/c1-20-18-10-13(8-9-19)6-7-17(18)21-12-15-11-14-4-2-3-5-16(14)15/h2-7,10,15H,8-9,11-12,19H2,1H3. The third-order valence-corrected chi connectivity index (χ3v) is 4.06. The van der Waals surface area contributed by atoms with Crippen LogP contribution >= 0.6 is 0 Å². The van der Waals surface area contributed by atoms with Gasteiger partial charge < -0.3 is 15.2 Å². The molecule has 0 fully saturated rings. The summed E-state index contributed by atoms with van der Waals surface area (Å²) in [6, 6.07) is 14.6. The molecule has 1 aliphatic rings. The highest BCUT2D eigenvalue weighted by molar-refractivity contribution is 5.44. The lowest BCUT2D eigenvalue weighted by atomic mass is 9.78. The average Bonchev–Trinajstić information content (AvgIpc) is 2.49. The van der Waals surface area contributed by atoms with E-state index in [1.165, 1.54) is 16.7 Å². The minimum Gasteiger partial charge on any atom is -0.493 e. The van der Waals surface area contributed by atoms with Crippen LogP contribution in [0.4, 0.5) is 0 Å². The second-order valence-electron chi connectivity index (χ2n) is 5.43. The Morgan fingerprint density at radius 2 is 2.00 bits per heavy atom. The molecule has 2 aromatic carbocycles. The van der Waals surface area contributed by atoms with Gasteiger partial charge in [0.1, 0.15) is 0 Å². The molecule has 21 heavy (non-hydrogen) atoms. The summed E-state index contributed by atoms with van der Waals surface area (Å²) in [6.45, 7) is 1.34. The van der Waals surface area contributed by atoms with E-state index in [-0.39, 0.29) is 0 Å². The van der Waals surface area contributed by atoms with Crippen molar-refractivity contribution < 1.29 is 9.47 Å². The maximum atomic E-state index is 5.97. The van der Waals surface area contributed by atoms with Crippen LogP contribution in [0.15, 0.2) is 42.5 Å². The Labute approximate surface area is 125 Å². The fourth-order valence-corrected chi connectivity index (χ4v) is 2.86. The van der Waals surface area contributed by atoms with Gasteiger partial charge in [0.25, 0.3) is 0 Å². The second-order valence-corrected chi connectivity index (χ2v) is 5.43. The molecule has 3 rings (SSSR count). The van der Waals surface area contributed by atoms with Gasteiger partial charge in [-0.15, -0.1) is 0 Å². The number of nitrogens with two attached hydrogens (primary N) is 1. The fraction of sp³-hybridized carbons (Fsp3) is 0.333. The molecule has 2 N–H and O–H groups in total. The summed E-state index contributed by atoms with van der Waals surface area (Å²) >= 11 is 0. The normalized spacial score (nSPS) is 16.0. The molecule has 1 aliphatic carbocycles. The van der Waals surface area contributed by atoms with Crippen LogP contribution < -0.4 is 15.2 Å². The molecule has 110 valence electrons. The molecule has 1 unspecified atom stereocenters. The molecule has 0 saturated carbocycles. The first-order chi connectivity index (χ1) is 10.3. The molecule has 0 aliphatic heterocycles. The molecule has 0 heterocycles. The number of methoxy groups -OCH3 is 1. The molecule has 0 radical (unpaired) electrons. The molecule has 0 aromatic heterocycles. The first-order valence-corrected chi connectivity index (χ1v) is 7.39. The zero-order valence-corrected chi connectivity index (χ0v) is 12.3. The predicted molar refractivity (Wildman–Crippen MR) is 84.1 cm³/mol. The third-order valence-electron chi connectivity index (χ3n) is 4.06. The molecule has 0 spiro atoms. The molecule has 0 saturated heterocycles. The lowest BCUT2D eigenvalue weighted by molar-refractivity contribution is 0.260. The summed E-state index contributed by atoms with van der Waals surface area (Å²) in [5.74, 6) is 2.09. The highest BCUT2D eigenvalue weighted by Crippen LogP contribution is 2.36. The van der Waals surface area contributed by atoms with Crippen molar-refractivity contribution in [3.05, 3.63) is 59.2 Å². The lowest BCUT2D eigenvalue weighted by Gasteiger charge is -2.30. The summed E-state index contributed by atoms with van der Waals surface area (Å²) < 4.78 is 11.4. The van der Waals surface area contributed by atoms with Gasteiger partial charge in [-0.25, -0.2) is 0 Å². The van der Waals surface area contributed by atoms with Crippen molar-refractivity contribution in [2.45, 2.75) is 18.8 Å². The van der Waals surface area contributed by atoms with E-state index in [1.54, 1.807) is 7.11 Å². The van der Waals surface area contributed by atoms with E-state index in [0.29, 0.717) is 19.1 Å². The SMILES string of the molecule is COc1cc(CCN)ccc1OCC1Cc2ccccc21. The van der Waals surface area contributed by atoms with Crippen LogP contribution in [-0.2, 0) is 12.8 Å². The van der Waals surface area contributed by atoms with Crippen LogP contribution in [0.5, 0.6) is 11.5 Å². The number of fused-ring (bicyclic) bond motifs is 1. The van der Waals surface area contributed by atoms with Crippen LogP contribution in [0.3, 0.4) is 0 Å². The Balaban J connectivity index is 1.66. The first-order valence-electron chi connectivity index (χ1n) is 7.39. The molecular weight excluding hydrogens is 262 g/mol.